The zero-order valence-electron chi connectivity index (χ0n) is 12.1. The van der Waals surface area contributed by atoms with Crippen LogP contribution in [0.1, 0.15) is 54.0 Å². The van der Waals surface area contributed by atoms with Gasteiger partial charge in [-0.25, -0.2) is 4.79 Å². The Hall–Kier alpha value is -1.33. The van der Waals surface area contributed by atoms with Crippen molar-refractivity contribution in [2.24, 2.45) is 0 Å². The van der Waals surface area contributed by atoms with Gasteiger partial charge in [0.15, 0.2) is 0 Å². The van der Waals surface area contributed by atoms with Gasteiger partial charge in [0, 0.05) is 6.04 Å². The first-order chi connectivity index (χ1) is 9.61. The van der Waals surface area contributed by atoms with Crippen LogP contribution >= 0.6 is 0 Å². The molecule has 2 atom stereocenters. The number of aliphatic hydroxyl groups excluding tert-OH is 1. The van der Waals surface area contributed by atoms with Crippen LogP contribution in [0.4, 0.5) is 0 Å². The third-order valence-corrected chi connectivity index (χ3v) is 3.89. The van der Waals surface area contributed by atoms with Gasteiger partial charge in [-0.1, -0.05) is 19.3 Å². The van der Waals surface area contributed by atoms with Gasteiger partial charge in [0.1, 0.15) is 17.1 Å². The van der Waals surface area contributed by atoms with E-state index in [2.05, 4.69) is 5.32 Å². The summed E-state index contributed by atoms with van der Waals surface area (Å²) in [4.78, 5) is 11.5. The minimum absolute atomic E-state index is 0.101. The van der Waals surface area contributed by atoms with Crippen LogP contribution in [0, 0.1) is 6.92 Å². The summed E-state index contributed by atoms with van der Waals surface area (Å²) in [7, 11) is 1.36. The van der Waals surface area contributed by atoms with E-state index in [0.717, 1.165) is 25.7 Å². The monoisotopic (exact) mass is 281 g/mol. The third-order valence-electron chi connectivity index (χ3n) is 3.89. The lowest BCUT2D eigenvalue weighted by atomic mass is 10.1. The fraction of sp³-hybridized carbons (Fsp3) is 0.667. The molecule has 0 radical (unpaired) electrons. The van der Waals surface area contributed by atoms with Crippen molar-refractivity contribution in [3.05, 3.63) is 23.2 Å². The van der Waals surface area contributed by atoms with E-state index in [1.54, 1.807) is 13.0 Å². The molecular weight excluding hydrogens is 258 g/mol. The summed E-state index contributed by atoms with van der Waals surface area (Å²) in [5, 5.41) is 13.4. The molecule has 1 heterocycles. The van der Waals surface area contributed by atoms with Crippen molar-refractivity contribution in [1.29, 1.82) is 0 Å². The number of hydrogen-bond donors (Lipinski definition) is 2. The lowest BCUT2D eigenvalue weighted by molar-refractivity contribution is 0.0599. The van der Waals surface area contributed by atoms with Gasteiger partial charge in [-0.15, -0.1) is 0 Å². The molecular formula is C15H23NO4. The maximum atomic E-state index is 11.5. The third kappa shape index (κ3) is 3.61. The topological polar surface area (TPSA) is 71.7 Å². The molecule has 0 aromatic carbocycles. The number of rotatable bonds is 4. The number of carbonyl (C=O) groups excluding carboxylic acids is 1. The molecule has 1 aromatic rings. The Labute approximate surface area is 119 Å². The summed E-state index contributed by atoms with van der Waals surface area (Å²) in [6, 6.07) is 1.81. The van der Waals surface area contributed by atoms with E-state index in [0.29, 0.717) is 23.6 Å². The Bertz CT molecular complexity index is 455. The summed E-state index contributed by atoms with van der Waals surface area (Å²) < 4.78 is 10.2. The summed E-state index contributed by atoms with van der Waals surface area (Å²) in [6.45, 7) is 2.26. The molecule has 2 N–H and O–H groups in total. The average molecular weight is 281 g/mol. The van der Waals surface area contributed by atoms with E-state index in [-0.39, 0.29) is 18.1 Å². The fourth-order valence-electron chi connectivity index (χ4n) is 2.70. The van der Waals surface area contributed by atoms with Gasteiger partial charge < -0.3 is 19.6 Å². The number of methoxy groups -OCH3 is 1. The quantitative estimate of drug-likeness (QED) is 0.653. The van der Waals surface area contributed by atoms with E-state index in [1.165, 1.54) is 13.5 Å². The van der Waals surface area contributed by atoms with Crippen molar-refractivity contribution < 1.29 is 19.1 Å². The van der Waals surface area contributed by atoms with E-state index >= 15 is 0 Å². The van der Waals surface area contributed by atoms with Crippen molar-refractivity contribution in [3.8, 4) is 0 Å². The molecule has 20 heavy (non-hydrogen) atoms. The van der Waals surface area contributed by atoms with Gasteiger partial charge >= 0.3 is 5.97 Å². The van der Waals surface area contributed by atoms with Gasteiger partial charge in [0.05, 0.1) is 19.8 Å². The number of esters is 1. The Morgan fingerprint density at radius 2 is 2.20 bits per heavy atom. The van der Waals surface area contributed by atoms with Gasteiger partial charge in [0.2, 0.25) is 0 Å². The van der Waals surface area contributed by atoms with E-state index in [4.69, 9.17) is 9.15 Å². The largest absolute Gasteiger partial charge is 0.465 e. The number of carbonyl (C=O) groups is 1. The molecule has 1 aliphatic carbocycles. The van der Waals surface area contributed by atoms with E-state index in [1.807, 2.05) is 0 Å². The van der Waals surface area contributed by atoms with Gasteiger partial charge in [-0.2, -0.15) is 0 Å². The summed E-state index contributed by atoms with van der Waals surface area (Å²) in [5.41, 5.74) is 0.464. The second-order valence-corrected chi connectivity index (χ2v) is 5.37. The predicted octanol–water partition coefficient (Wildman–Crippen LogP) is 2.16. The molecule has 5 heteroatoms. The van der Waals surface area contributed by atoms with Crippen LogP contribution in [0.3, 0.4) is 0 Å². The van der Waals surface area contributed by atoms with Crippen LogP contribution in [-0.4, -0.2) is 30.3 Å². The highest BCUT2D eigenvalue weighted by Gasteiger charge is 2.22. The number of hydrogen-bond acceptors (Lipinski definition) is 5. The Morgan fingerprint density at radius 1 is 1.45 bits per heavy atom. The van der Waals surface area contributed by atoms with Crippen molar-refractivity contribution >= 4 is 5.97 Å². The fourth-order valence-corrected chi connectivity index (χ4v) is 2.70. The molecule has 0 aliphatic heterocycles. The Balaban J connectivity index is 1.95. The number of furan rings is 1. The molecule has 1 aromatic heterocycles. The first-order valence-corrected chi connectivity index (χ1v) is 7.21. The lowest BCUT2D eigenvalue weighted by Crippen LogP contribution is -2.38. The van der Waals surface area contributed by atoms with Gasteiger partial charge in [0.25, 0.3) is 0 Å². The Morgan fingerprint density at radius 3 is 2.95 bits per heavy atom. The van der Waals surface area contributed by atoms with Crippen molar-refractivity contribution in [1.82, 2.24) is 5.32 Å². The van der Waals surface area contributed by atoms with Crippen LogP contribution in [0.2, 0.25) is 0 Å². The summed E-state index contributed by atoms with van der Waals surface area (Å²) in [6.07, 6.45) is 4.94. The normalized spacial score (nSPS) is 23.4. The molecule has 0 amide bonds. The van der Waals surface area contributed by atoms with Crippen LogP contribution in [0.25, 0.3) is 0 Å². The maximum Gasteiger partial charge on any atom is 0.341 e. The molecule has 1 fully saturated rings. The smallest absolute Gasteiger partial charge is 0.341 e. The highest BCUT2D eigenvalue weighted by atomic mass is 16.5. The molecule has 5 nitrogen and oxygen atoms in total. The highest BCUT2D eigenvalue weighted by Crippen LogP contribution is 2.20. The maximum absolute atomic E-state index is 11.5. The molecule has 1 aliphatic rings. The van der Waals surface area contributed by atoms with Crippen LogP contribution in [-0.2, 0) is 11.3 Å². The van der Waals surface area contributed by atoms with Gasteiger partial charge in [-0.05, 0) is 25.8 Å². The predicted molar refractivity (Wildman–Crippen MR) is 74.5 cm³/mol. The number of nitrogens with one attached hydrogen (secondary N) is 1. The number of ether oxygens (including phenoxy) is 1. The number of aryl methyl sites for hydroxylation is 1. The highest BCUT2D eigenvalue weighted by molar-refractivity contribution is 5.90. The minimum atomic E-state index is -0.382. The van der Waals surface area contributed by atoms with Crippen molar-refractivity contribution in [2.45, 2.75) is 57.7 Å². The number of aliphatic hydroxyl groups is 1. The molecule has 2 unspecified atom stereocenters. The van der Waals surface area contributed by atoms with Crippen LogP contribution in [0.15, 0.2) is 10.5 Å². The molecule has 1 saturated carbocycles. The summed E-state index contributed by atoms with van der Waals surface area (Å²) >= 11 is 0. The standard InChI is InChI=1S/C15H23NO4/c1-10-12(15(18)19-2)8-11(20-10)9-16-13-6-4-3-5-7-14(13)17/h8,13-14,16-17H,3-7,9H2,1-2H3. The zero-order valence-corrected chi connectivity index (χ0v) is 12.1. The van der Waals surface area contributed by atoms with Crippen LogP contribution < -0.4 is 5.32 Å². The minimum Gasteiger partial charge on any atom is -0.465 e. The molecule has 0 bridgehead atoms. The average Bonchev–Trinajstić information content (AvgIpc) is 2.68. The SMILES string of the molecule is COC(=O)c1cc(CNC2CCCCCC2O)oc1C. The zero-order chi connectivity index (χ0) is 14.5. The molecule has 0 saturated heterocycles. The molecule has 0 spiro atoms. The molecule has 112 valence electrons. The molecule has 2 rings (SSSR count). The first-order valence-electron chi connectivity index (χ1n) is 7.21. The first kappa shape index (κ1) is 15.1. The lowest BCUT2D eigenvalue weighted by Gasteiger charge is -2.21. The second-order valence-electron chi connectivity index (χ2n) is 5.37. The van der Waals surface area contributed by atoms with Gasteiger partial charge in [-0.3, -0.25) is 0 Å². The summed E-state index contributed by atoms with van der Waals surface area (Å²) in [5.74, 6) is 0.876. The van der Waals surface area contributed by atoms with Crippen molar-refractivity contribution in [3.63, 3.8) is 0 Å². The van der Waals surface area contributed by atoms with E-state index < -0.39 is 0 Å². The second kappa shape index (κ2) is 6.90. The Kier molecular flexibility index (Phi) is 5.20. The van der Waals surface area contributed by atoms with Crippen molar-refractivity contribution in [2.75, 3.05) is 7.11 Å². The van der Waals surface area contributed by atoms with Crippen LogP contribution in [0.5, 0.6) is 0 Å². The van der Waals surface area contributed by atoms with E-state index in [9.17, 15) is 9.90 Å².